The van der Waals surface area contributed by atoms with Crippen molar-refractivity contribution in [3.05, 3.63) is 0 Å². The summed E-state index contributed by atoms with van der Waals surface area (Å²) in [5.74, 6) is 0.173. The molecule has 17 heavy (non-hydrogen) atoms. The lowest BCUT2D eigenvalue weighted by atomic mass is 9.96. The number of amides is 1. The van der Waals surface area contributed by atoms with E-state index >= 15 is 0 Å². The van der Waals surface area contributed by atoms with Crippen LogP contribution in [0.2, 0.25) is 0 Å². The molecule has 0 spiro atoms. The Hall–Kier alpha value is -0.320. The molecule has 2 saturated heterocycles. The Bertz CT molecular complexity index is 247. The Labute approximate surface area is 109 Å². The fraction of sp³-hybridized carbons (Fsp3) is 0.917. The molecule has 4 nitrogen and oxygen atoms in total. The molecule has 2 fully saturated rings. The van der Waals surface area contributed by atoms with Crippen LogP contribution in [0, 0.1) is 0 Å². The lowest BCUT2D eigenvalue weighted by Crippen LogP contribution is -2.55. The van der Waals surface area contributed by atoms with E-state index in [1.807, 2.05) is 4.90 Å². The number of nitrogens with zero attached hydrogens (tertiary/aromatic N) is 1. The largest absolute Gasteiger partial charge is 0.366 e. The molecule has 0 aromatic rings. The maximum absolute atomic E-state index is 12.3. The molecule has 2 aliphatic heterocycles. The number of hydrogen-bond acceptors (Lipinski definition) is 3. The van der Waals surface area contributed by atoms with Crippen molar-refractivity contribution in [2.24, 2.45) is 0 Å². The molecule has 5 heteroatoms. The first-order valence-electron chi connectivity index (χ1n) is 6.34. The van der Waals surface area contributed by atoms with E-state index in [-0.39, 0.29) is 24.4 Å². The Kier molecular flexibility index (Phi) is 5.70. The first-order valence-corrected chi connectivity index (χ1v) is 6.34. The summed E-state index contributed by atoms with van der Waals surface area (Å²) in [5.41, 5.74) is 0. The second-order valence-electron chi connectivity index (χ2n) is 4.94. The topological polar surface area (TPSA) is 41.6 Å². The van der Waals surface area contributed by atoms with Gasteiger partial charge >= 0.3 is 0 Å². The number of likely N-dealkylation sites (tertiary alicyclic amines) is 1. The smallest absolute Gasteiger partial charge is 0.253 e. The minimum atomic E-state index is -0.267. The molecule has 0 bridgehead atoms. The molecule has 0 saturated carbocycles. The van der Waals surface area contributed by atoms with E-state index in [9.17, 15) is 4.79 Å². The number of carbonyl (C=O) groups is 1. The number of rotatable bonds is 1. The highest BCUT2D eigenvalue weighted by Crippen LogP contribution is 2.23. The molecule has 1 N–H and O–H groups in total. The molecule has 100 valence electrons. The van der Waals surface area contributed by atoms with Gasteiger partial charge in [0.2, 0.25) is 0 Å². The Morgan fingerprint density at radius 1 is 1.29 bits per heavy atom. The summed E-state index contributed by atoms with van der Waals surface area (Å²) < 4.78 is 5.54. The summed E-state index contributed by atoms with van der Waals surface area (Å²) >= 11 is 0. The number of nitrogens with one attached hydrogen (secondary N) is 1. The fourth-order valence-corrected chi connectivity index (χ4v) is 2.75. The average Bonchev–Trinajstić information content (AvgIpc) is 2.30. The van der Waals surface area contributed by atoms with Crippen LogP contribution in [0.15, 0.2) is 0 Å². The van der Waals surface area contributed by atoms with Crippen LogP contribution < -0.4 is 5.32 Å². The SMILES string of the molecule is CC1CCCC(C)N1C(=O)C1CNCCO1.Cl. The molecule has 0 aromatic heterocycles. The molecule has 3 atom stereocenters. The van der Waals surface area contributed by atoms with Crippen LogP contribution >= 0.6 is 12.4 Å². The molecule has 2 aliphatic rings. The van der Waals surface area contributed by atoms with Crippen molar-refractivity contribution in [1.82, 2.24) is 10.2 Å². The maximum atomic E-state index is 12.3. The number of ether oxygens (including phenoxy) is 1. The molecule has 3 unspecified atom stereocenters. The summed E-state index contributed by atoms with van der Waals surface area (Å²) in [6.07, 6.45) is 3.21. The number of piperidine rings is 1. The zero-order valence-electron chi connectivity index (χ0n) is 10.6. The highest BCUT2D eigenvalue weighted by molar-refractivity contribution is 5.85. The Balaban J connectivity index is 0.00000144. The van der Waals surface area contributed by atoms with Crippen molar-refractivity contribution in [3.63, 3.8) is 0 Å². The van der Waals surface area contributed by atoms with Gasteiger partial charge in [0, 0.05) is 25.2 Å². The van der Waals surface area contributed by atoms with Gasteiger partial charge in [0.1, 0.15) is 6.10 Å². The maximum Gasteiger partial charge on any atom is 0.253 e. The van der Waals surface area contributed by atoms with Crippen molar-refractivity contribution < 1.29 is 9.53 Å². The second kappa shape index (κ2) is 6.57. The van der Waals surface area contributed by atoms with Gasteiger partial charge in [-0.25, -0.2) is 0 Å². The Morgan fingerprint density at radius 2 is 1.94 bits per heavy atom. The van der Waals surface area contributed by atoms with Crippen molar-refractivity contribution in [2.45, 2.75) is 51.3 Å². The van der Waals surface area contributed by atoms with Gasteiger partial charge in [-0.05, 0) is 33.1 Å². The molecule has 2 heterocycles. The van der Waals surface area contributed by atoms with Crippen LogP contribution in [0.3, 0.4) is 0 Å². The third-order valence-corrected chi connectivity index (χ3v) is 3.65. The molecule has 0 aliphatic carbocycles. The van der Waals surface area contributed by atoms with Crippen molar-refractivity contribution >= 4 is 18.3 Å². The summed E-state index contributed by atoms with van der Waals surface area (Å²) in [6.45, 7) is 6.45. The van der Waals surface area contributed by atoms with E-state index in [1.54, 1.807) is 0 Å². The lowest BCUT2D eigenvalue weighted by molar-refractivity contribution is -0.151. The normalized spacial score (nSPS) is 34.0. The van der Waals surface area contributed by atoms with E-state index in [0.717, 1.165) is 19.4 Å². The van der Waals surface area contributed by atoms with Crippen LogP contribution in [0.1, 0.15) is 33.1 Å². The van der Waals surface area contributed by atoms with E-state index in [1.165, 1.54) is 6.42 Å². The van der Waals surface area contributed by atoms with Gasteiger partial charge in [0.15, 0.2) is 0 Å². The van der Waals surface area contributed by atoms with E-state index in [4.69, 9.17) is 4.74 Å². The van der Waals surface area contributed by atoms with Crippen molar-refractivity contribution in [3.8, 4) is 0 Å². The zero-order chi connectivity index (χ0) is 11.5. The first kappa shape index (κ1) is 14.7. The van der Waals surface area contributed by atoms with Crippen molar-refractivity contribution in [1.29, 1.82) is 0 Å². The molecule has 0 aromatic carbocycles. The number of hydrogen-bond donors (Lipinski definition) is 1. The summed E-state index contributed by atoms with van der Waals surface area (Å²) in [4.78, 5) is 14.4. The summed E-state index contributed by atoms with van der Waals surface area (Å²) in [7, 11) is 0. The first-order chi connectivity index (χ1) is 7.70. The molecule has 0 radical (unpaired) electrons. The van der Waals surface area contributed by atoms with Crippen LogP contribution in [0.25, 0.3) is 0 Å². The van der Waals surface area contributed by atoms with Crippen LogP contribution in [0.4, 0.5) is 0 Å². The minimum absolute atomic E-state index is 0. The van der Waals surface area contributed by atoms with Gasteiger partial charge < -0.3 is 15.0 Å². The molecular formula is C12H23ClN2O2. The number of morpholine rings is 1. The van der Waals surface area contributed by atoms with Crippen LogP contribution in [-0.4, -0.2) is 48.7 Å². The summed E-state index contributed by atoms with van der Waals surface area (Å²) in [5, 5.41) is 3.21. The Morgan fingerprint density at radius 3 is 2.47 bits per heavy atom. The predicted molar refractivity (Wildman–Crippen MR) is 69.5 cm³/mol. The highest BCUT2D eigenvalue weighted by Gasteiger charge is 2.34. The average molecular weight is 263 g/mol. The molecule has 2 rings (SSSR count). The summed E-state index contributed by atoms with van der Waals surface area (Å²) in [6, 6.07) is 0.726. The zero-order valence-corrected chi connectivity index (χ0v) is 11.5. The standard InChI is InChI=1S/C12H22N2O2.ClH/c1-9-4-3-5-10(2)14(9)12(15)11-8-13-6-7-16-11;/h9-11,13H,3-8H2,1-2H3;1H. The quantitative estimate of drug-likeness (QED) is 0.772. The van der Waals surface area contributed by atoms with Gasteiger partial charge in [-0.3, -0.25) is 4.79 Å². The van der Waals surface area contributed by atoms with Gasteiger partial charge in [-0.15, -0.1) is 12.4 Å². The van der Waals surface area contributed by atoms with Crippen LogP contribution in [0.5, 0.6) is 0 Å². The number of carbonyl (C=O) groups excluding carboxylic acids is 1. The van der Waals surface area contributed by atoms with E-state index in [0.29, 0.717) is 25.2 Å². The van der Waals surface area contributed by atoms with E-state index in [2.05, 4.69) is 19.2 Å². The number of halogens is 1. The van der Waals surface area contributed by atoms with Gasteiger partial charge in [0.05, 0.1) is 6.61 Å². The molecular weight excluding hydrogens is 240 g/mol. The predicted octanol–water partition coefficient (Wildman–Crippen LogP) is 1.19. The fourth-order valence-electron chi connectivity index (χ4n) is 2.75. The van der Waals surface area contributed by atoms with Gasteiger partial charge in [-0.2, -0.15) is 0 Å². The van der Waals surface area contributed by atoms with Gasteiger partial charge in [-0.1, -0.05) is 0 Å². The minimum Gasteiger partial charge on any atom is -0.366 e. The second-order valence-corrected chi connectivity index (χ2v) is 4.94. The van der Waals surface area contributed by atoms with Crippen LogP contribution in [-0.2, 0) is 9.53 Å². The highest BCUT2D eigenvalue weighted by atomic mass is 35.5. The molecule has 1 amide bonds. The lowest BCUT2D eigenvalue weighted by Gasteiger charge is -2.41. The third kappa shape index (κ3) is 3.33. The van der Waals surface area contributed by atoms with Crippen molar-refractivity contribution in [2.75, 3.05) is 19.7 Å². The van der Waals surface area contributed by atoms with Gasteiger partial charge in [0.25, 0.3) is 5.91 Å². The monoisotopic (exact) mass is 262 g/mol. The van der Waals surface area contributed by atoms with E-state index < -0.39 is 0 Å². The third-order valence-electron chi connectivity index (χ3n) is 3.65.